The molecule has 0 fully saturated rings. The lowest BCUT2D eigenvalue weighted by molar-refractivity contribution is -0.120. The van der Waals surface area contributed by atoms with Crippen LogP contribution < -0.4 is 15.4 Å². The van der Waals surface area contributed by atoms with Gasteiger partial charge in [0.2, 0.25) is 15.9 Å². The van der Waals surface area contributed by atoms with Gasteiger partial charge in [-0.3, -0.25) is 4.79 Å². The zero-order valence-electron chi connectivity index (χ0n) is 11.5. The van der Waals surface area contributed by atoms with E-state index in [0.29, 0.717) is 32.0 Å². The first kappa shape index (κ1) is 17.3. The topological polar surface area (TPSA) is 87.3 Å². The smallest absolute Gasteiger partial charge is 0.233 e. The summed E-state index contributed by atoms with van der Waals surface area (Å²) in [6, 6.07) is 0. The van der Waals surface area contributed by atoms with Crippen LogP contribution >= 0.6 is 0 Å². The fraction of sp³-hybridized carbons (Fsp3) is 0.909. The molecule has 0 radical (unpaired) electrons. The molecule has 0 atom stereocenters. The van der Waals surface area contributed by atoms with Gasteiger partial charge in [-0.2, -0.15) is 0 Å². The molecule has 0 unspecified atom stereocenters. The van der Waals surface area contributed by atoms with Crippen LogP contribution in [0.3, 0.4) is 0 Å². The molecule has 0 saturated carbocycles. The minimum Gasteiger partial charge on any atom is -0.355 e. The molecule has 3 N–H and O–H groups in total. The van der Waals surface area contributed by atoms with Gasteiger partial charge in [-0.05, 0) is 25.3 Å². The number of sulfonamides is 1. The van der Waals surface area contributed by atoms with Crippen LogP contribution in [0.5, 0.6) is 0 Å². The van der Waals surface area contributed by atoms with Crippen molar-refractivity contribution in [2.24, 2.45) is 5.92 Å². The summed E-state index contributed by atoms with van der Waals surface area (Å²) in [4.78, 5) is 11.3. The molecule has 0 aromatic heterocycles. The summed E-state index contributed by atoms with van der Waals surface area (Å²) in [6.07, 6.45) is 2.76. The number of hydrogen-bond acceptors (Lipinski definition) is 4. The van der Waals surface area contributed by atoms with Gasteiger partial charge in [-0.1, -0.05) is 13.8 Å². The van der Waals surface area contributed by atoms with Gasteiger partial charge in [0.15, 0.2) is 0 Å². The van der Waals surface area contributed by atoms with Gasteiger partial charge in [-0.15, -0.1) is 0 Å². The van der Waals surface area contributed by atoms with Crippen molar-refractivity contribution >= 4 is 15.9 Å². The molecule has 0 bridgehead atoms. The Hall–Kier alpha value is -0.660. The van der Waals surface area contributed by atoms with Crippen LogP contribution in [-0.2, 0) is 14.8 Å². The zero-order chi connectivity index (χ0) is 14.0. The van der Waals surface area contributed by atoms with Crippen molar-refractivity contribution in [1.82, 2.24) is 15.4 Å². The molecule has 0 aliphatic carbocycles. The zero-order valence-corrected chi connectivity index (χ0v) is 12.3. The molecule has 0 aromatic rings. The van der Waals surface area contributed by atoms with Gasteiger partial charge < -0.3 is 10.6 Å². The highest BCUT2D eigenvalue weighted by atomic mass is 32.2. The summed E-state index contributed by atoms with van der Waals surface area (Å²) in [5, 5.41) is 5.78. The highest BCUT2D eigenvalue weighted by Gasteiger charge is 2.01. The predicted molar refractivity (Wildman–Crippen MR) is 72.8 cm³/mol. The third kappa shape index (κ3) is 13.4. The van der Waals surface area contributed by atoms with E-state index in [2.05, 4.69) is 29.2 Å². The monoisotopic (exact) mass is 279 g/mol. The maximum absolute atomic E-state index is 11.3. The highest BCUT2D eigenvalue weighted by Crippen LogP contribution is 1.95. The first-order valence-electron chi connectivity index (χ1n) is 6.23. The quantitative estimate of drug-likeness (QED) is 0.478. The number of nitrogens with one attached hydrogen (secondary N) is 3. The van der Waals surface area contributed by atoms with Crippen LogP contribution in [0.1, 0.15) is 26.7 Å². The van der Waals surface area contributed by atoms with Crippen molar-refractivity contribution in [3.63, 3.8) is 0 Å². The largest absolute Gasteiger partial charge is 0.355 e. The van der Waals surface area contributed by atoms with Gasteiger partial charge in [0.25, 0.3) is 0 Å². The maximum Gasteiger partial charge on any atom is 0.233 e. The Labute approximate surface area is 110 Å². The van der Waals surface area contributed by atoms with Crippen LogP contribution in [0.25, 0.3) is 0 Å². The van der Waals surface area contributed by atoms with E-state index in [9.17, 15) is 13.2 Å². The van der Waals surface area contributed by atoms with Gasteiger partial charge in [0.1, 0.15) is 0 Å². The molecule has 0 aliphatic heterocycles. The molecule has 0 spiro atoms. The summed E-state index contributed by atoms with van der Waals surface area (Å²) in [5.41, 5.74) is 0. The number of carbonyl (C=O) groups excluding carboxylic acids is 1. The Kier molecular flexibility index (Phi) is 8.95. The molecule has 0 heterocycles. The maximum atomic E-state index is 11.3. The molecule has 7 heteroatoms. The number of amides is 1. The lowest BCUT2D eigenvalue weighted by Crippen LogP contribution is -2.36. The Morgan fingerprint density at radius 1 is 1.17 bits per heavy atom. The Balaban J connectivity index is 3.36. The summed E-state index contributed by atoms with van der Waals surface area (Å²) < 4.78 is 23.9. The average Bonchev–Trinajstić information content (AvgIpc) is 2.21. The lowest BCUT2D eigenvalue weighted by atomic mass is 10.1. The van der Waals surface area contributed by atoms with E-state index in [4.69, 9.17) is 0 Å². The summed E-state index contributed by atoms with van der Waals surface area (Å²) >= 11 is 0. The first-order chi connectivity index (χ1) is 8.31. The van der Waals surface area contributed by atoms with E-state index in [0.717, 1.165) is 12.7 Å². The molecule has 0 aliphatic rings. The van der Waals surface area contributed by atoms with Crippen LogP contribution in [-0.4, -0.2) is 46.8 Å². The minimum atomic E-state index is -3.10. The second-order valence-corrected chi connectivity index (χ2v) is 6.56. The van der Waals surface area contributed by atoms with Crippen molar-refractivity contribution in [3.05, 3.63) is 0 Å². The van der Waals surface area contributed by atoms with Gasteiger partial charge in [-0.25, -0.2) is 13.1 Å². The van der Waals surface area contributed by atoms with E-state index in [1.54, 1.807) is 0 Å². The van der Waals surface area contributed by atoms with Crippen LogP contribution in [0.2, 0.25) is 0 Å². The fourth-order valence-electron chi connectivity index (χ4n) is 1.24. The molecule has 1 amide bonds. The second-order valence-electron chi connectivity index (χ2n) is 4.73. The van der Waals surface area contributed by atoms with E-state index in [-0.39, 0.29) is 12.5 Å². The van der Waals surface area contributed by atoms with E-state index >= 15 is 0 Å². The van der Waals surface area contributed by atoms with E-state index in [1.807, 2.05) is 0 Å². The Morgan fingerprint density at radius 2 is 1.83 bits per heavy atom. The number of carbonyl (C=O) groups is 1. The van der Waals surface area contributed by atoms with Crippen molar-refractivity contribution < 1.29 is 13.2 Å². The van der Waals surface area contributed by atoms with E-state index in [1.165, 1.54) is 0 Å². The molecule has 108 valence electrons. The summed E-state index contributed by atoms with van der Waals surface area (Å²) in [6.45, 7) is 6.20. The molecule has 0 aromatic carbocycles. The molecule has 18 heavy (non-hydrogen) atoms. The average molecular weight is 279 g/mol. The Morgan fingerprint density at radius 3 is 2.39 bits per heavy atom. The number of hydrogen-bond donors (Lipinski definition) is 3. The van der Waals surface area contributed by atoms with Crippen LogP contribution in [0.4, 0.5) is 0 Å². The third-order valence-electron chi connectivity index (χ3n) is 2.22. The second kappa shape index (κ2) is 9.29. The van der Waals surface area contributed by atoms with Crippen molar-refractivity contribution in [3.8, 4) is 0 Å². The third-order valence-corrected chi connectivity index (χ3v) is 2.95. The van der Waals surface area contributed by atoms with Gasteiger partial charge >= 0.3 is 0 Å². The van der Waals surface area contributed by atoms with Crippen molar-refractivity contribution in [2.45, 2.75) is 26.7 Å². The molecular formula is C11H25N3O3S. The molecule has 6 nitrogen and oxygen atoms in total. The molecule has 0 rings (SSSR count). The van der Waals surface area contributed by atoms with Gasteiger partial charge in [0, 0.05) is 13.1 Å². The molecule has 0 saturated heterocycles. The van der Waals surface area contributed by atoms with Crippen molar-refractivity contribution in [2.75, 3.05) is 32.4 Å². The Bertz CT molecular complexity index is 328. The predicted octanol–water partition coefficient (Wildman–Crippen LogP) is -0.322. The standard InChI is InChI=1S/C11H25N3O3S/c1-10(2)5-8-13-11(15)9-12-6-4-7-14-18(3,16)17/h10,12,14H,4-9H2,1-3H3,(H,13,15). The normalized spacial score (nSPS) is 11.8. The van der Waals surface area contributed by atoms with Crippen LogP contribution in [0.15, 0.2) is 0 Å². The van der Waals surface area contributed by atoms with Crippen molar-refractivity contribution in [1.29, 1.82) is 0 Å². The SMILES string of the molecule is CC(C)CCNC(=O)CNCCCNS(C)(=O)=O. The number of rotatable bonds is 10. The highest BCUT2D eigenvalue weighted by molar-refractivity contribution is 7.88. The van der Waals surface area contributed by atoms with Crippen LogP contribution in [0, 0.1) is 5.92 Å². The fourth-order valence-corrected chi connectivity index (χ4v) is 1.75. The summed E-state index contributed by atoms with van der Waals surface area (Å²) in [7, 11) is -3.10. The minimum absolute atomic E-state index is 0.0216. The molecular weight excluding hydrogens is 254 g/mol. The first-order valence-corrected chi connectivity index (χ1v) is 8.12. The summed E-state index contributed by atoms with van der Waals surface area (Å²) in [5.74, 6) is 0.562. The lowest BCUT2D eigenvalue weighted by Gasteiger charge is -2.08. The van der Waals surface area contributed by atoms with Gasteiger partial charge in [0.05, 0.1) is 12.8 Å². The van der Waals surface area contributed by atoms with E-state index < -0.39 is 10.0 Å².